The number of nitrogens with one attached hydrogen (secondary N) is 1. The number of carbonyl (C=O) groups excluding carboxylic acids is 1. The first-order valence-corrected chi connectivity index (χ1v) is 9.09. The molecular weight excluding hydrogens is 334 g/mol. The molecule has 1 aliphatic rings. The van der Waals surface area contributed by atoms with Gasteiger partial charge in [-0.15, -0.1) is 0 Å². The van der Waals surface area contributed by atoms with Gasteiger partial charge >= 0.3 is 6.03 Å². The summed E-state index contributed by atoms with van der Waals surface area (Å²) in [7, 11) is 0. The van der Waals surface area contributed by atoms with Crippen LogP contribution in [0.2, 0.25) is 5.02 Å². The largest absolute Gasteiger partial charge is 0.322 e. The highest BCUT2D eigenvalue weighted by Crippen LogP contribution is 2.15. The summed E-state index contributed by atoms with van der Waals surface area (Å²) in [4.78, 5) is 16.7. The van der Waals surface area contributed by atoms with Gasteiger partial charge in [0.1, 0.15) is 0 Å². The maximum absolute atomic E-state index is 12.4. The van der Waals surface area contributed by atoms with Crippen molar-refractivity contribution in [2.45, 2.75) is 19.4 Å². The van der Waals surface area contributed by atoms with E-state index in [9.17, 15) is 4.79 Å². The average Bonchev–Trinajstić information content (AvgIpc) is 2.64. The van der Waals surface area contributed by atoms with Crippen molar-refractivity contribution in [3.05, 3.63) is 65.2 Å². The second-order valence-electron chi connectivity index (χ2n) is 6.50. The van der Waals surface area contributed by atoms with E-state index in [-0.39, 0.29) is 6.03 Å². The summed E-state index contributed by atoms with van der Waals surface area (Å²) in [5.74, 6) is 0. The first kappa shape index (κ1) is 17.8. The molecule has 0 aliphatic carbocycles. The van der Waals surface area contributed by atoms with Gasteiger partial charge in [-0.25, -0.2) is 4.79 Å². The van der Waals surface area contributed by atoms with E-state index in [2.05, 4.69) is 41.4 Å². The molecule has 0 bridgehead atoms. The molecule has 0 spiro atoms. The summed E-state index contributed by atoms with van der Waals surface area (Å²) < 4.78 is 0. The number of nitrogens with zero attached hydrogens (tertiary/aromatic N) is 2. The molecule has 132 valence electrons. The Hall–Kier alpha value is -2.04. The molecule has 1 N–H and O–H groups in total. The lowest BCUT2D eigenvalue weighted by molar-refractivity contribution is 0.119. The van der Waals surface area contributed by atoms with Gasteiger partial charge < -0.3 is 10.2 Å². The molecule has 1 fully saturated rings. The third-order valence-corrected chi connectivity index (χ3v) is 4.95. The maximum atomic E-state index is 12.4. The Labute approximate surface area is 154 Å². The Morgan fingerprint density at radius 2 is 1.68 bits per heavy atom. The van der Waals surface area contributed by atoms with Gasteiger partial charge in [0.25, 0.3) is 0 Å². The van der Waals surface area contributed by atoms with Gasteiger partial charge in [0.05, 0.1) is 0 Å². The number of anilines is 1. The van der Waals surface area contributed by atoms with Crippen LogP contribution in [0, 0.1) is 0 Å². The number of piperazine rings is 1. The van der Waals surface area contributed by atoms with E-state index in [1.165, 1.54) is 5.56 Å². The monoisotopic (exact) mass is 357 g/mol. The fraction of sp³-hybridized carbons (Fsp3) is 0.350. The first-order valence-electron chi connectivity index (χ1n) is 8.71. The van der Waals surface area contributed by atoms with Crippen LogP contribution in [0.15, 0.2) is 54.6 Å². The van der Waals surface area contributed by atoms with Crippen LogP contribution in [0.5, 0.6) is 0 Å². The Morgan fingerprint density at radius 1 is 1.04 bits per heavy atom. The molecule has 0 aromatic heterocycles. The van der Waals surface area contributed by atoms with Crippen LogP contribution in [-0.2, 0) is 6.42 Å². The molecule has 5 heteroatoms. The molecule has 1 atom stereocenters. The number of benzene rings is 2. The standard InChI is InChI=1S/C20H24ClN3O/c1-16(15-17-5-3-2-4-6-17)23-11-13-24(14-12-23)20(25)22-19-9-7-18(21)8-10-19/h2-10,16H,11-15H2,1H3,(H,22,25). The van der Waals surface area contributed by atoms with Crippen LogP contribution in [-0.4, -0.2) is 48.1 Å². The molecule has 2 aromatic carbocycles. The van der Waals surface area contributed by atoms with Gasteiger partial charge in [-0.1, -0.05) is 41.9 Å². The zero-order valence-electron chi connectivity index (χ0n) is 14.5. The van der Waals surface area contributed by atoms with Crippen molar-refractivity contribution in [3.8, 4) is 0 Å². The van der Waals surface area contributed by atoms with E-state index in [4.69, 9.17) is 11.6 Å². The van der Waals surface area contributed by atoms with E-state index in [1.807, 2.05) is 23.1 Å². The van der Waals surface area contributed by atoms with Gasteiger partial charge in [0.2, 0.25) is 0 Å². The van der Waals surface area contributed by atoms with Crippen molar-refractivity contribution in [2.24, 2.45) is 0 Å². The third kappa shape index (κ3) is 4.97. The van der Waals surface area contributed by atoms with E-state index >= 15 is 0 Å². The fourth-order valence-electron chi connectivity index (χ4n) is 3.19. The number of amides is 2. The normalized spacial score (nSPS) is 16.5. The minimum Gasteiger partial charge on any atom is -0.322 e. The molecule has 0 saturated carbocycles. The highest BCUT2D eigenvalue weighted by atomic mass is 35.5. The summed E-state index contributed by atoms with van der Waals surface area (Å²) in [6.45, 7) is 5.57. The molecule has 1 heterocycles. The van der Waals surface area contributed by atoms with Crippen LogP contribution < -0.4 is 5.32 Å². The molecule has 1 unspecified atom stereocenters. The van der Waals surface area contributed by atoms with Crippen molar-refractivity contribution in [2.75, 3.05) is 31.5 Å². The Kier molecular flexibility index (Phi) is 5.95. The van der Waals surface area contributed by atoms with Crippen molar-refractivity contribution < 1.29 is 4.79 Å². The first-order chi connectivity index (χ1) is 12.1. The fourth-order valence-corrected chi connectivity index (χ4v) is 3.31. The molecule has 25 heavy (non-hydrogen) atoms. The molecular formula is C20H24ClN3O. The summed E-state index contributed by atoms with van der Waals surface area (Å²) >= 11 is 5.87. The number of halogens is 1. The van der Waals surface area contributed by atoms with Crippen LogP contribution in [0.4, 0.5) is 10.5 Å². The van der Waals surface area contributed by atoms with Crippen LogP contribution in [0.3, 0.4) is 0 Å². The second-order valence-corrected chi connectivity index (χ2v) is 6.94. The molecule has 1 aliphatic heterocycles. The highest BCUT2D eigenvalue weighted by Gasteiger charge is 2.24. The predicted octanol–water partition coefficient (Wildman–Crippen LogP) is 4.12. The molecule has 1 saturated heterocycles. The lowest BCUT2D eigenvalue weighted by Crippen LogP contribution is -2.52. The highest BCUT2D eigenvalue weighted by molar-refractivity contribution is 6.30. The van der Waals surface area contributed by atoms with E-state index < -0.39 is 0 Å². The maximum Gasteiger partial charge on any atom is 0.321 e. The van der Waals surface area contributed by atoms with E-state index in [0.29, 0.717) is 11.1 Å². The zero-order valence-corrected chi connectivity index (χ0v) is 15.2. The lowest BCUT2D eigenvalue weighted by atomic mass is 10.1. The predicted molar refractivity (Wildman–Crippen MR) is 103 cm³/mol. The van der Waals surface area contributed by atoms with Gasteiger partial charge in [-0.3, -0.25) is 4.90 Å². The van der Waals surface area contributed by atoms with Crippen molar-refractivity contribution >= 4 is 23.3 Å². The Bertz CT molecular complexity index is 682. The van der Waals surface area contributed by atoms with Crippen LogP contribution in [0.1, 0.15) is 12.5 Å². The number of urea groups is 1. The van der Waals surface area contributed by atoms with Crippen LogP contribution >= 0.6 is 11.6 Å². The minimum atomic E-state index is -0.0438. The topological polar surface area (TPSA) is 35.6 Å². The van der Waals surface area contributed by atoms with E-state index in [0.717, 1.165) is 38.3 Å². The third-order valence-electron chi connectivity index (χ3n) is 4.69. The Morgan fingerprint density at radius 3 is 2.32 bits per heavy atom. The summed E-state index contributed by atoms with van der Waals surface area (Å²) in [6, 6.07) is 18.2. The van der Waals surface area contributed by atoms with Crippen molar-refractivity contribution in [3.63, 3.8) is 0 Å². The zero-order chi connectivity index (χ0) is 17.6. The number of carbonyl (C=O) groups is 1. The number of rotatable bonds is 4. The van der Waals surface area contributed by atoms with E-state index in [1.54, 1.807) is 12.1 Å². The Balaban J connectivity index is 1.47. The van der Waals surface area contributed by atoms with Gasteiger partial charge in [-0.05, 0) is 43.2 Å². The molecule has 3 rings (SSSR count). The van der Waals surface area contributed by atoms with Crippen molar-refractivity contribution in [1.82, 2.24) is 9.80 Å². The SMILES string of the molecule is CC(Cc1ccccc1)N1CCN(C(=O)Nc2ccc(Cl)cc2)CC1. The second kappa shape index (κ2) is 8.37. The average molecular weight is 358 g/mol. The summed E-state index contributed by atoms with van der Waals surface area (Å²) in [5.41, 5.74) is 2.13. The molecule has 2 aromatic rings. The molecule has 4 nitrogen and oxygen atoms in total. The van der Waals surface area contributed by atoms with Crippen LogP contribution in [0.25, 0.3) is 0 Å². The lowest BCUT2D eigenvalue weighted by Gasteiger charge is -2.38. The van der Waals surface area contributed by atoms with Gasteiger partial charge in [0, 0.05) is 42.9 Å². The van der Waals surface area contributed by atoms with Crippen molar-refractivity contribution in [1.29, 1.82) is 0 Å². The summed E-state index contributed by atoms with van der Waals surface area (Å²) in [5, 5.41) is 3.60. The quantitative estimate of drug-likeness (QED) is 0.893. The number of hydrogen-bond donors (Lipinski definition) is 1. The smallest absolute Gasteiger partial charge is 0.321 e. The molecule has 0 radical (unpaired) electrons. The number of hydrogen-bond acceptors (Lipinski definition) is 2. The van der Waals surface area contributed by atoms with Gasteiger partial charge in [-0.2, -0.15) is 0 Å². The molecule has 2 amide bonds. The van der Waals surface area contributed by atoms with Gasteiger partial charge in [0.15, 0.2) is 0 Å². The summed E-state index contributed by atoms with van der Waals surface area (Å²) in [6.07, 6.45) is 1.04. The minimum absolute atomic E-state index is 0.0438.